The summed E-state index contributed by atoms with van der Waals surface area (Å²) in [5.41, 5.74) is 8.32. The minimum atomic E-state index is -0.424. The number of ether oxygens (including phenoxy) is 1. The largest absolute Gasteiger partial charge is 0.381 e. The summed E-state index contributed by atoms with van der Waals surface area (Å²) in [5, 5.41) is 3.10. The van der Waals surface area contributed by atoms with E-state index in [9.17, 15) is 4.79 Å². The van der Waals surface area contributed by atoms with Gasteiger partial charge < -0.3 is 15.8 Å². The SMILES string of the molecule is NCC1(C(=O)NCCN2CCc3ccccc3C2)CCOCC1. The number of hydrogen-bond acceptors (Lipinski definition) is 4. The molecule has 3 N–H and O–H groups in total. The van der Waals surface area contributed by atoms with E-state index >= 15 is 0 Å². The molecule has 0 unspecified atom stereocenters. The highest BCUT2D eigenvalue weighted by Gasteiger charge is 2.38. The van der Waals surface area contributed by atoms with Crippen molar-refractivity contribution in [2.75, 3.05) is 39.4 Å². The molecule has 0 saturated carbocycles. The Labute approximate surface area is 138 Å². The van der Waals surface area contributed by atoms with E-state index in [0.717, 1.165) is 38.9 Å². The Kier molecular flexibility index (Phi) is 5.30. The van der Waals surface area contributed by atoms with Crippen LogP contribution in [0.25, 0.3) is 0 Å². The number of benzene rings is 1. The van der Waals surface area contributed by atoms with Gasteiger partial charge in [0.15, 0.2) is 0 Å². The highest BCUT2D eigenvalue weighted by atomic mass is 16.5. The fourth-order valence-corrected chi connectivity index (χ4v) is 3.55. The fraction of sp³-hybridized carbons (Fsp3) is 0.611. The van der Waals surface area contributed by atoms with E-state index in [4.69, 9.17) is 10.5 Å². The Morgan fingerprint density at radius 1 is 1.26 bits per heavy atom. The van der Waals surface area contributed by atoms with Crippen LogP contribution in [0.3, 0.4) is 0 Å². The highest BCUT2D eigenvalue weighted by molar-refractivity contribution is 5.83. The number of nitrogens with two attached hydrogens (primary N) is 1. The van der Waals surface area contributed by atoms with Crippen molar-refractivity contribution in [3.8, 4) is 0 Å². The van der Waals surface area contributed by atoms with Gasteiger partial charge in [-0.05, 0) is 30.4 Å². The molecule has 2 aliphatic rings. The van der Waals surface area contributed by atoms with Crippen LogP contribution in [-0.4, -0.2) is 50.2 Å². The summed E-state index contributed by atoms with van der Waals surface area (Å²) < 4.78 is 5.37. The number of fused-ring (bicyclic) bond motifs is 1. The molecule has 1 fully saturated rings. The molecule has 5 heteroatoms. The third-order valence-corrected chi connectivity index (χ3v) is 5.25. The van der Waals surface area contributed by atoms with Crippen LogP contribution in [0.4, 0.5) is 0 Å². The maximum absolute atomic E-state index is 12.5. The van der Waals surface area contributed by atoms with Crippen LogP contribution in [0.5, 0.6) is 0 Å². The molecule has 0 atom stereocenters. The molecule has 2 aliphatic heterocycles. The van der Waals surface area contributed by atoms with E-state index in [-0.39, 0.29) is 5.91 Å². The van der Waals surface area contributed by atoms with Gasteiger partial charge in [0.05, 0.1) is 5.41 Å². The lowest BCUT2D eigenvalue weighted by Gasteiger charge is -2.35. The van der Waals surface area contributed by atoms with Crippen molar-refractivity contribution in [1.82, 2.24) is 10.2 Å². The lowest BCUT2D eigenvalue weighted by molar-refractivity contribution is -0.135. The van der Waals surface area contributed by atoms with Gasteiger partial charge >= 0.3 is 0 Å². The van der Waals surface area contributed by atoms with Gasteiger partial charge in [0.25, 0.3) is 0 Å². The van der Waals surface area contributed by atoms with Crippen molar-refractivity contribution >= 4 is 5.91 Å². The zero-order chi connectivity index (χ0) is 16.1. The van der Waals surface area contributed by atoms with Gasteiger partial charge in [0.2, 0.25) is 5.91 Å². The topological polar surface area (TPSA) is 67.6 Å². The van der Waals surface area contributed by atoms with Gasteiger partial charge in [0.1, 0.15) is 0 Å². The number of rotatable bonds is 5. The minimum absolute atomic E-state index is 0.0979. The van der Waals surface area contributed by atoms with E-state index in [2.05, 4.69) is 34.5 Å². The first-order chi connectivity index (χ1) is 11.2. The fourth-order valence-electron chi connectivity index (χ4n) is 3.55. The molecule has 1 aromatic carbocycles. The number of amides is 1. The van der Waals surface area contributed by atoms with E-state index in [0.29, 0.717) is 26.3 Å². The third-order valence-electron chi connectivity index (χ3n) is 5.25. The predicted octanol–water partition coefficient (Wildman–Crippen LogP) is 0.916. The normalized spacial score (nSPS) is 20.7. The second kappa shape index (κ2) is 7.43. The van der Waals surface area contributed by atoms with Crippen LogP contribution >= 0.6 is 0 Å². The lowest BCUT2D eigenvalue weighted by atomic mass is 9.79. The second-order valence-corrected chi connectivity index (χ2v) is 6.65. The molecule has 23 heavy (non-hydrogen) atoms. The molecule has 0 aliphatic carbocycles. The first kappa shape index (κ1) is 16.4. The molecular weight excluding hydrogens is 290 g/mol. The van der Waals surface area contributed by atoms with Gasteiger partial charge in [0, 0.05) is 45.9 Å². The monoisotopic (exact) mass is 317 g/mol. The van der Waals surface area contributed by atoms with Crippen molar-refractivity contribution in [2.45, 2.75) is 25.8 Å². The first-order valence-electron chi connectivity index (χ1n) is 8.59. The standard InChI is InChI=1S/C18H27N3O2/c19-14-18(6-11-23-12-7-18)17(22)20-8-10-21-9-5-15-3-1-2-4-16(15)13-21/h1-4H,5-14,19H2,(H,20,22). The van der Waals surface area contributed by atoms with Gasteiger partial charge in [-0.25, -0.2) is 0 Å². The number of nitrogens with zero attached hydrogens (tertiary/aromatic N) is 1. The molecule has 0 aromatic heterocycles. The van der Waals surface area contributed by atoms with Gasteiger partial charge in [-0.15, -0.1) is 0 Å². The number of carbonyl (C=O) groups is 1. The molecule has 5 nitrogen and oxygen atoms in total. The summed E-state index contributed by atoms with van der Waals surface area (Å²) in [7, 11) is 0. The Balaban J connectivity index is 1.47. The van der Waals surface area contributed by atoms with Crippen molar-refractivity contribution in [3.63, 3.8) is 0 Å². The molecule has 0 radical (unpaired) electrons. The number of nitrogens with one attached hydrogen (secondary N) is 1. The van der Waals surface area contributed by atoms with E-state index in [1.54, 1.807) is 0 Å². The molecule has 0 spiro atoms. The predicted molar refractivity (Wildman–Crippen MR) is 90.0 cm³/mol. The third kappa shape index (κ3) is 3.74. The summed E-state index contributed by atoms with van der Waals surface area (Å²) in [4.78, 5) is 14.9. The molecule has 1 saturated heterocycles. The summed E-state index contributed by atoms with van der Waals surface area (Å²) in [6, 6.07) is 8.62. The summed E-state index contributed by atoms with van der Waals surface area (Å²) in [6.07, 6.45) is 2.55. The summed E-state index contributed by atoms with van der Waals surface area (Å²) in [6.45, 7) is 5.27. The zero-order valence-electron chi connectivity index (χ0n) is 13.7. The number of carbonyl (C=O) groups excluding carboxylic acids is 1. The molecule has 1 amide bonds. The molecular formula is C18H27N3O2. The number of hydrogen-bond donors (Lipinski definition) is 2. The summed E-state index contributed by atoms with van der Waals surface area (Å²) >= 11 is 0. The summed E-state index contributed by atoms with van der Waals surface area (Å²) in [5.74, 6) is 0.0979. The maximum atomic E-state index is 12.5. The Morgan fingerprint density at radius 2 is 2.00 bits per heavy atom. The van der Waals surface area contributed by atoms with Crippen LogP contribution in [-0.2, 0) is 22.5 Å². The van der Waals surface area contributed by atoms with Crippen LogP contribution in [0.15, 0.2) is 24.3 Å². The Hall–Kier alpha value is -1.43. The second-order valence-electron chi connectivity index (χ2n) is 6.65. The van der Waals surface area contributed by atoms with E-state index in [1.807, 2.05) is 0 Å². The van der Waals surface area contributed by atoms with E-state index in [1.165, 1.54) is 11.1 Å². The molecule has 126 valence electrons. The Morgan fingerprint density at radius 3 is 2.74 bits per heavy atom. The molecule has 2 heterocycles. The molecule has 1 aromatic rings. The van der Waals surface area contributed by atoms with Crippen molar-refractivity contribution < 1.29 is 9.53 Å². The lowest BCUT2D eigenvalue weighted by Crippen LogP contribution is -2.50. The van der Waals surface area contributed by atoms with Crippen molar-refractivity contribution in [1.29, 1.82) is 0 Å². The average Bonchev–Trinajstić information content (AvgIpc) is 2.62. The average molecular weight is 317 g/mol. The maximum Gasteiger partial charge on any atom is 0.227 e. The first-order valence-corrected chi connectivity index (χ1v) is 8.59. The van der Waals surface area contributed by atoms with Crippen molar-refractivity contribution in [2.24, 2.45) is 11.1 Å². The zero-order valence-corrected chi connectivity index (χ0v) is 13.7. The quantitative estimate of drug-likeness (QED) is 0.847. The van der Waals surface area contributed by atoms with Crippen LogP contribution in [0.2, 0.25) is 0 Å². The van der Waals surface area contributed by atoms with Crippen LogP contribution < -0.4 is 11.1 Å². The van der Waals surface area contributed by atoms with Crippen molar-refractivity contribution in [3.05, 3.63) is 35.4 Å². The van der Waals surface area contributed by atoms with Crippen LogP contribution in [0.1, 0.15) is 24.0 Å². The highest BCUT2D eigenvalue weighted by Crippen LogP contribution is 2.29. The smallest absolute Gasteiger partial charge is 0.227 e. The van der Waals surface area contributed by atoms with Gasteiger partial charge in [-0.1, -0.05) is 24.3 Å². The van der Waals surface area contributed by atoms with Gasteiger partial charge in [-0.2, -0.15) is 0 Å². The van der Waals surface area contributed by atoms with Crippen LogP contribution in [0, 0.1) is 5.41 Å². The molecule has 3 rings (SSSR count). The van der Waals surface area contributed by atoms with E-state index < -0.39 is 5.41 Å². The molecule has 0 bridgehead atoms. The minimum Gasteiger partial charge on any atom is -0.381 e. The van der Waals surface area contributed by atoms with Gasteiger partial charge in [-0.3, -0.25) is 9.69 Å². The Bertz CT molecular complexity index is 541.